The van der Waals surface area contributed by atoms with Crippen molar-refractivity contribution >= 4 is 5.69 Å². The molecule has 4 heteroatoms. The molecule has 0 radical (unpaired) electrons. The molecule has 17 heavy (non-hydrogen) atoms. The number of benzene rings is 1. The number of nitrogens with one attached hydrogen (secondary N) is 1. The van der Waals surface area contributed by atoms with Crippen LogP contribution in [0.2, 0.25) is 0 Å². The Labute approximate surface area is 102 Å². The molecule has 1 fully saturated rings. The van der Waals surface area contributed by atoms with Crippen LogP contribution >= 0.6 is 0 Å². The molecule has 94 valence electrons. The Morgan fingerprint density at radius 1 is 1.47 bits per heavy atom. The first kappa shape index (κ1) is 12.2. The fraction of sp³-hybridized carbons (Fsp3) is 0.538. The van der Waals surface area contributed by atoms with Gasteiger partial charge in [-0.25, -0.2) is 0 Å². The van der Waals surface area contributed by atoms with E-state index in [4.69, 9.17) is 4.74 Å². The van der Waals surface area contributed by atoms with Gasteiger partial charge in [0.15, 0.2) is 0 Å². The summed E-state index contributed by atoms with van der Waals surface area (Å²) in [7, 11) is 1.68. The molecular formula is C13H20N2O2. The molecule has 0 aliphatic carbocycles. The minimum Gasteiger partial charge on any atom is -0.495 e. The Morgan fingerprint density at radius 2 is 2.24 bits per heavy atom. The summed E-state index contributed by atoms with van der Waals surface area (Å²) in [5.74, 6) is 0.861. The third-order valence-electron chi connectivity index (χ3n) is 3.22. The van der Waals surface area contributed by atoms with Gasteiger partial charge in [0.1, 0.15) is 5.75 Å². The van der Waals surface area contributed by atoms with E-state index in [0.29, 0.717) is 6.04 Å². The van der Waals surface area contributed by atoms with Gasteiger partial charge in [-0.2, -0.15) is 0 Å². The third-order valence-corrected chi connectivity index (χ3v) is 3.22. The molecular weight excluding hydrogens is 216 g/mol. The highest BCUT2D eigenvalue weighted by Gasteiger charge is 2.26. The highest BCUT2D eigenvalue weighted by Crippen LogP contribution is 2.30. The van der Waals surface area contributed by atoms with Crippen molar-refractivity contribution in [2.75, 3.05) is 31.7 Å². The SMILES string of the molecule is COc1ccccc1N1CC(C)NCC1CO. The summed E-state index contributed by atoms with van der Waals surface area (Å²) in [5.41, 5.74) is 1.06. The molecule has 2 rings (SSSR count). The lowest BCUT2D eigenvalue weighted by Gasteiger charge is -2.40. The van der Waals surface area contributed by atoms with Crippen LogP contribution in [0.3, 0.4) is 0 Å². The third kappa shape index (κ3) is 2.53. The molecule has 0 aromatic heterocycles. The van der Waals surface area contributed by atoms with Gasteiger partial charge in [0.05, 0.1) is 25.4 Å². The number of aliphatic hydroxyl groups excluding tert-OH is 1. The lowest BCUT2D eigenvalue weighted by molar-refractivity contribution is 0.236. The number of anilines is 1. The van der Waals surface area contributed by atoms with E-state index in [1.54, 1.807) is 7.11 Å². The number of hydrogen-bond donors (Lipinski definition) is 2. The van der Waals surface area contributed by atoms with E-state index in [-0.39, 0.29) is 12.6 Å². The fourth-order valence-corrected chi connectivity index (χ4v) is 2.28. The van der Waals surface area contributed by atoms with Crippen LogP contribution in [0.4, 0.5) is 5.69 Å². The van der Waals surface area contributed by atoms with E-state index < -0.39 is 0 Å². The topological polar surface area (TPSA) is 44.7 Å². The molecule has 1 heterocycles. The lowest BCUT2D eigenvalue weighted by Crippen LogP contribution is -2.57. The predicted octanol–water partition coefficient (Wildman–Crippen LogP) is 0.854. The van der Waals surface area contributed by atoms with Crippen molar-refractivity contribution in [2.45, 2.75) is 19.0 Å². The fourth-order valence-electron chi connectivity index (χ4n) is 2.28. The molecule has 2 N–H and O–H groups in total. The summed E-state index contributed by atoms with van der Waals surface area (Å²) in [4.78, 5) is 2.22. The molecule has 0 amide bonds. The van der Waals surface area contributed by atoms with E-state index in [0.717, 1.165) is 24.5 Å². The minimum absolute atomic E-state index is 0.113. The van der Waals surface area contributed by atoms with Crippen LogP contribution in [-0.4, -0.2) is 44.0 Å². The largest absolute Gasteiger partial charge is 0.495 e. The Morgan fingerprint density at radius 3 is 2.94 bits per heavy atom. The second-order valence-electron chi connectivity index (χ2n) is 4.47. The Bertz CT molecular complexity index is 370. The van der Waals surface area contributed by atoms with E-state index >= 15 is 0 Å². The molecule has 1 aliphatic rings. The monoisotopic (exact) mass is 236 g/mol. The predicted molar refractivity (Wildman–Crippen MR) is 68.7 cm³/mol. The summed E-state index contributed by atoms with van der Waals surface area (Å²) in [6.45, 7) is 3.98. The molecule has 0 bridgehead atoms. The standard InChI is InChI=1S/C13H20N2O2/c1-10-8-15(11(9-16)7-14-10)12-5-3-4-6-13(12)17-2/h3-6,10-11,14,16H,7-9H2,1-2H3. The Kier molecular flexibility index (Phi) is 3.86. The van der Waals surface area contributed by atoms with E-state index in [1.165, 1.54) is 0 Å². The van der Waals surface area contributed by atoms with Gasteiger partial charge in [0.2, 0.25) is 0 Å². The van der Waals surface area contributed by atoms with Crippen molar-refractivity contribution in [3.63, 3.8) is 0 Å². The van der Waals surface area contributed by atoms with E-state index in [2.05, 4.69) is 17.1 Å². The molecule has 2 atom stereocenters. The molecule has 1 aromatic carbocycles. The van der Waals surface area contributed by atoms with Crippen molar-refractivity contribution in [3.8, 4) is 5.75 Å². The van der Waals surface area contributed by atoms with Gasteiger partial charge in [-0.1, -0.05) is 12.1 Å². The number of methoxy groups -OCH3 is 1. The summed E-state index contributed by atoms with van der Waals surface area (Å²) >= 11 is 0. The number of para-hydroxylation sites is 2. The zero-order valence-electron chi connectivity index (χ0n) is 10.4. The Hall–Kier alpha value is -1.26. The van der Waals surface area contributed by atoms with Crippen LogP contribution in [0.15, 0.2) is 24.3 Å². The average Bonchev–Trinajstić information content (AvgIpc) is 2.38. The lowest BCUT2D eigenvalue weighted by atomic mass is 10.1. The smallest absolute Gasteiger partial charge is 0.142 e. The molecule has 4 nitrogen and oxygen atoms in total. The zero-order chi connectivity index (χ0) is 12.3. The number of rotatable bonds is 3. The van der Waals surface area contributed by atoms with Crippen LogP contribution in [0.5, 0.6) is 5.75 Å². The van der Waals surface area contributed by atoms with Gasteiger partial charge in [-0.3, -0.25) is 0 Å². The van der Waals surface area contributed by atoms with Gasteiger partial charge >= 0.3 is 0 Å². The van der Waals surface area contributed by atoms with E-state index in [9.17, 15) is 5.11 Å². The second kappa shape index (κ2) is 5.38. The minimum atomic E-state index is 0.113. The first-order valence-electron chi connectivity index (χ1n) is 6.00. The normalized spacial score (nSPS) is 24.8. The second-order valence-corrected chi connectivity index (χ2v) is 4.47. The molecule has 0 saturated carbocycles. The number of nitrogens with zero attached hydrogens (tertiary/aromatic N) is 1. The maximum Gasteiger partial charge on any atom is 0.142 e. The Balaban J connectivity index is 2.28. The van der Waals surface area contributed by atoms with Crippen molar-refractivity contribution in [2.24, 2.45) is 0 Å². The molecule has 1 aromatic rings. The van der Waals surface area contributed by atoms with Gasteiger partial charge in [0.25, 0.3) is 0 Å². The van der Waals surface area contributed by atoms with Crippen molar-refractivity contribution in [1.29, 1.82) is 0 Å². The zero-order valence-corrected chi connectivity index (χ0v) is 10.4. The number of piperazine rings is 1. The van der Waals surface area contributed by atoms with Crippen molar-refractivity contribution in [1.82, 2.24) is 5.32 Å². The van der Waals surface area contributed by atoms with E-state index in [1.807, 2.05) is 24.3 Å². The van der Waals surface area contributed by atoms with Gasteiger partial charge < -0.3 is 20.1 Å². The van der Waals surface area contributed by atoms with Crippen LogP contribution in [0.1, 0.15) is 6.92 Å². The first-order valence-corrected chi connectivity index (χ1v) is 6.00. The summed E-state index contributed by atoms with van der Waals surface area (Å²) < 4.78 is 5.38. The van der Waals surface area contributed by atoms with Crippen molar-refractivity contribution < 1.29 is 9.84 Å². The molecule has 1 saturated heterocycles. The number of hydrogen-bond acceptors (Lipinski definition) is 4. The molecule has 1 aliphatic heterocycles. The van der Waals surface area contributed by atoms with Gasteiger partial charge in [-0.15, -0.1) is 0 Å². The highest BCUT2D eigenvalue weighted by atomic mass is 16.5. The van der Waals surface area contributed by atoms with Crippen LogP contribution in [-0.2, 0) is 0 Å². The average molecular weight is 236 g/mol. The summed E-state index contributed by atoms with van der Waals surface area (Å²) in [6, 6.07) is 8.49. The molecule has 0 spiro atoms. The summed E-state index contributed by atoms with van der Waals surface area (Å²) in [5, 5.41) is 12.8. The van der Waals surface area contributed by atoms with Crippen LogP contribution in [0.25, 0.3) is 0 Å². The number of ether oxygens (including phenoxy) is 1. The van der Waals surface area contributed by atoms with Crippen molar-refractivity contribution in [3.05, 3.63) is 24.3 Å². The van der Waals surface area contributed by atoms with Gasteiger partial charge in [-0.05, 0) is 19.1 Å². The molecule has 2 unspecified atom stereocenters. The maximum atomic E-state index is 9.45. The quantitative estimate of drug-likeness (QED) is 0.817. The highest BCUT2D eigenvalue weighted by molar-refractivity contribution is 5.59. The first-order chi connectivity index (χ1) is 8.26. The van der Waals surface area contributed by atoms with Gasteiger partial charge in [0, 0.05) is 19.1 Å². The maximum absolute atomic E-state index is 9.45. The summed E-state index contributed by atoms with van der Waals surface area (Å²) in [6.07, 6.45) is 0. The van der Waals surface area contributed by atoms with Crippen LogP contribution < -0.4 is 15.0 Å². The van der Waals surface area contributed by atoms with Crippen LogP contribution in [0, 0.1) is 0 Å². The number of aliphatic hydroxyl groups is 1.